The minimum absolute atomic E-state index is 0.0382. The van der Waals surface area contributed by atoms with Crippen molar-refractivity contribution in [3.05, 3.63) is 81.9 Å². The zero-order chi connectivity index (χ0) is 26.7. The fourth-order valence-electron chi connectivity index (χ4n) is 5.20. The van der Waals surface area contributed by atoms with Gasteiger partial charge in [-0.15, -0.1) is 0 Å². The lowest BCUT2D eigenvalue weighted by Crippen LogP contribution is -2.32. The lowest BCUT2D eigenvalue weighted by molar-refractivity contribution is 0.320. The number of nitriles is 1. The Labute approximate surface area is 226 Å². The molecule has 1 fully saturated rings. The summed E-state index contributed by atoms with van der Waals surface area (Å²) in [5.41, 5.74) is 2.48. The normalized spacial score (nSPS) is 14.3. The highest BCUT2D eigenvalue weighted by Crippen LogP contribution is 2.33. The maximum atomic E-state index is 13.5. The molecule has 0 radical (unpaired) electrons. The molecule has 0 spiro atoms. The van der Waals surface area contributed by atoms with E-state index in [0.717, 1.165) is 29.4 Å². The summed E-state index contributed by atoms with van der Waals surface area (Å²) < 4.78 is 1.90. The van der Waals surface area contributed by atoms with Crippen molar-refractivity contribution in [2.75, 3.05) is 10.6 Å². The molecule has 4 aromatic rings. The summed E-state index contributed by atoms with van der Waals surface area (Å²) >= 11 is 6.14. The molecule has 2 N–H and O–H groups in total. The van der Waals surface area contributed by atoms with Crippen molar-refractivity contribution in [2.45, 2.75) is 58.0 Å². The topological polar surface area (TPSA) is 109 Å². The number of anilines is 3. The van der Waals surface area contributed by atoms with Crippen LogP contribution in [0.4, 0.5) is 17.1 Å². The second-order valence-corrected chi connectivity index (χ2v) is 10.7. The number of fused-ring (bicyclic) bond motifs is 1. The maximum absolute atomic E-state index is 13.5. The van der Waals surface area contributed by atoms with Gasteiger partial charge in [-0.3, -0.25) is 4.79 Å². The second kappa shape index (κ2) is 10.8. The van der Waals surface area contributed by atoms with E-state index in [4.69, 9.17) is 11.6 Å². The first-order valence-electron chi connectivity index (χ1n) is 12.9. The quantitative estimate of drug-likeness (QED) is 0.268. The summed E-state index contributed by atoms with van der Waals surface area (Å²) in [6, 6.07) is 13.2. The highest BCUT2D eigenvalue weighted by molar-refractivity contribution is 6.31. The van der Waals surface area contributed by atoms with Crippen LogP contribution in [0.15, 0.2) is 59.8 Å². The molecule has 38 heavy (non-hydrogen) atoms. The molecule has 0 amide bonds. The van der Waals surface area contributed by atoms with Gasteiger partial charge in [-0.1, -0.05) is 30.9 Å². The molecular weight excluding hydrogens is 498 g/mol. The van der Waals surface area contributed by atoms with Gasteiger partial charge in [0, 0.05) is 48.0 Å². The highest BCUT2D eigenvalue weighted by Gasteiger charge is 2.25. The van der Waals surface area contributed by atoms with E-state index in [1.165, 1.54) is 19.3 Å². The molecule has 0 aliphatic heterocycles. The van der Waals surface area contributed by atoms with E-state index in [-0.39, 0.29) is 16.3 Å². The fraction of sp³-hybridized carbons (Fsp3) is 0.345. The molecule has 1 saturated carbocycles. The summed E-state index contributed by atoms with van der Waals surface area (Å²) in [7, 11) is 0. The number of rotatable bonds is 7. The standard InChI is InChI=1S/C29H30ClN7O/c1-29(2,28-33-12-6-13-34-28)36-24-16-26(38)37(18-19-7-4-3-5-8-19)25-10-9-20(15-21(24)25)35-23-11-14-32-27(30)22(23)17-31/h6,9-16,19,36H,3-5,7-8,18H2,1-2H3,(H,32,35). The Bertz CT molecular complexity index is 1550. The van der Waals surface area contributed by atoms with Crippen molar-refractivity contribution < 1.29 is 0 Å². The van der Waals surface area contributed by atoms with E-state index in [1.54, 1.807) is 36.8 Å². The summed E-state index contributed by atoms with van der Waals surface area (Å²) in [4.78, 5) is 26.3. The first kappa shape index (κ1) is 25.7. The number of hydrogen-bond donors (Lipinski definition) is 2. The number of hydrogen-bond acceptors (Lipinski definition) is 7. The highest BCUT2D eigenvalue weighted by atomic mass is 35.5. The van der Waals surface area contributed by atoms with Crippen molar-refractivity contribution in [3.63, 3.8) is 0 Å². The predicted molar refractivity (Wildman–Crippen MR) is 151 cm³/mol. The van der Waals surface area contributed by atoms with Crippen LogP contribution in [0.2, 0.25) is 5.15 Å². The van der Waals surface area contributed by atoms with Crippen LogP contribution in [0, 0.1) is 17.2 Å². The molecule has 1 aliphatic carbocycles. The zero-order valence-electron chi connectivity index (χ0n) is 21.5. The maximum Gasteiger partial charge on any atom is 0.253 e. The van der Waals surface area contributed by atoms with Crippen molar-refractivity contribution >= 4 is 39.6 Å². The number of aromatic nitrogens is 4. The molecule has 9 heteroatoms. The summed E-state index contributed by atoms with van der Waals surface area (Å²) in [5.74, 6) is 1.12. The Kier molecular flexibility index (Phi) is 7.30. The lowest BCUT2D eigenvalue weighted by atomic mass is 9.89. The Hall–Kier alpha value is -3.96. The van der Waals surface area contributed by atoms with E-state index in [2.05, 4.69) is 31.7 Å². The molecule has 0 atom stereocenters. The molecule has 0 unspecified atom stereocenters. The van der Waals surface area contributed by atoms with Crippen molar-refractivity contribution in [1.29, 1.82) is 5.26 Å². The molecule has 3 aromatic heterocycles. The number of pyridine rings is 2. The van der Waals surface area contributed by atoms with Gasteiger partial charge in [0.1, 0.15) is 16.8 Å². The third-order valence-electron chi connectivity index (χ3n) is 7.14. The van der Waals surface area contributed by atoms with Gasteiger partial charge >= 0.3 is 0 Å². The molecular formula is C29H30ClN7O. The van der Waals surface area contributed by atoms with Crippen LogP contribution in [-0.2, 0) is 12.1 Å². The molecule has 194 valence electrons. The molecule has 1 aromatic carbocycles. The predicted octanol–water partition coefficient (Wildman–Crippen LogP) is 6.38. The van der Waals surface area contributed by atoms with Gasteiger partial charge in [0.25, 0.3) is 5.56 Å². The smallest absolute Gasteiger partial charge is 0.253 e. The van der Waals surface area contributed by atoms with Crippen LogP contribution < -0.4 is 16.2 Å². The van der Waals surface area contributed by atoms with E-state index >= 15 is 0 Å². The van der Waals surface area contributed by atoms with Crippen molar-refractivity contribution in [3.8, 4) is 6.07 Å². The van der Waals surface area contributed by atoms with Gasteiger partial charge in [0.2, 0.25) is 0 Å². The molecule has 0 saturated heterocycles. The Balaban J connectivity index is 1.60. The fourth-order valence-corrected chi connectivity index (χ4v) is 5.40. The van der Waals surface area contributed by atoms with Crippen molar-refractivity contribution in [2.24, 2.45) is 5.92 Å². The minimum Gasteiger partial charge on any atom is -0.372 e. The third kappa shape index (κ3) is 5.34. The van der Waals surface area contributed by atoms with Crippen LogP contribution in [0.1, 0.15) is 57.3 Å². The largest absolute Gasteiger partial charge is 0.372 e. The number of halogens is 1. The molecule has 0 bridgehead atoms. The van der Waals surface area contributed by atoms with Gasteiger partial charge < -0.3 is 15.2 Å². The van der Waals surface area contributed by atoms with E-state index in [1.807, 2.05) is 36.6 Å². The second-order valence-electron chi connectivity index (χ2n) is 10.3. The van der Waals surface area contributed by atoms with E-state index in [9.17, 15) is 10.1 Å². The first-order valence-corrected chi connectivity index (χ1v) is 13.3. The molecule has 8 nitrogen and oxygen atoms in total. The van der Waals surface area contributed by atoms with Crippen molar-refractivity contribution in [1.82, 2.24) is 19.5 Å². The lowest BCUT2D eigenvalue weighted by Gasteiger charge is -2.28. The Morgan fingerprint density at radius 2 is 1.82 bits per heavy atom. The number of nitrogens with one attached hydrogen (secondary N) is 2. The minimum atomic E-state index is -0.633. The summed E-state index contributed by atoms with van der Waals surface area (Å²) in [6.45, 7) is 4.68. The number of benzene rings is 1. The zero-order valence-corrected chi connectivity index (χ0v) is 22.3. The van der Waals surface area contributed by atoms with Gasteiger partial charge in [-0.2, -0.15) is 5.26 Å². The van der Waals surface area contributed by atoms with Gasteiger partial charge in [0.05, 0.1) is 16.7 Å². The molecule has 3 heterocycles. The number of nitrogens with zero attached hydrogens (tertiary/aromatic N) is 5. The monoisotopic (exact) mass is 527 g/mol. The van der Waals surface area contributed by atoms with Crippen LogP contribution in [0.25, 0.3) is 10.9 Å². The van der Waals surface area contributed by atoms with Crippen LogP contribution in [-0.4, -0.2) is 19.5 Å². The average molecular weight is 528 g/mol. The Morgan fingerprint density at radius 1 is 1.05 bits per heavy atom. The SMILES string of the molecule is CC(C)(Nc1cc(=O)n(CC2CCCCC2)c2ccc(Nc3ccnc(Cl)c3C#N)cc12)c1ncccn1. The summed E-state index contributed by atoms with van der Waals surface area (Å²) in [6.07, 6.45) is 11.0. The first-order chi connectivity index (χ1) is 18.4. The van der Waals surface area contributed by atoms with Gasteiger partial charge in [-0.25, -0.2) is 15.0 Å². The van der Waals surface area contributed by atoms with Gasteiger partial charge in [0.15, 0.2) is 5.82 Å². The van der Waals surface area contributed by atoms with Gasteiger partial charge in [-0.05, 0) is 62.9 Å². The molecule has 5 rings (SSSR count). The van der Waals surface area contributed by atoms with Crippen LogP contribution >= 0.6 is 11.6 Å². The molecule has 1 aliphatic rings. The van der Waals surface area contributed by atoms with E-state index < -0.39 is 5.54 Å². The van der Waals surface area contributed by atoms with E-state index in [0.29, 0.717) is 29.7 Å². The third-order valence-corrected chi connectivity index (χ3v) is 7.43. The van der Waals surface area contributed by atoms with Crippen LogP contribution in [0.5, 0.6) is 0 Å². The average Bonchev–Trinajstić information content (AvgIpc) is 2.92. The Morgan fingerprint density at radius 3 is 2.55 bits per heavy atom. The van der Waals surface area contributed by atoms with Crippen LogP contribution in [0.3, 0.4) is 0 Å². The summed E-state index contributed by atoms with van der Waals surface area (Å²) in [5, 5.41) is 17.4.